The molecule has 194 valence electrons. The zero-order valence-electron chi connectivity index (χ0n) is 20.5. The van der Waals surface area contributed by atoms with Crippen LogP contribution in [-0.4, -0.2) is 44.1 Å². The van der Waals surface area contributed by atoms with Crippen LogP contribution in [0.3, 0.4) is 0 Å². The Bertz CT molecular complexity index is 1860. The third kappa shape index (κ3) is 2.77. The molecule has 2 unspecified atom stereocenters. The fourth-order valence-electron chi connectivity index (χ4n) is 6.31. The molecule has 10 heteroatoms. The normalized spacial score (nSPS) is 20.4. The van der Waals surface area contributed by atoms with Crippen LogP contribution in [0.15, 0.2) is 23.0 Å². The Morgan fingerprint density at radius 3 is 2.42 bits per heavy atom. The number of fused-ring (bicyclic) bond motifs is 6. The summed E-state index contributed by atoms with van der Waals surface area (Å²) < 4.78 is 5.63. The molecule has 2 atom stereocenters. The van der Waals surface area contributed by atoms with E-state index >= 15 is 0 Å². The molecule has 38 heavy (non-hydrogen) atoms. The van der Waals surface area contributed by atoms with Crippen molar-refractivity contribution in [2.75, 3.05) is 7.11 Å². The predicted molar refractivity (Wildman–Crippen MR) is 139 cm³/mol. The second-order valence-electron chi connectivity index (χ2n) is 9.95. The SMILES string of the molecule is COc1c2c(cc3cc(C)[nH]c(=O)c13)CCC1C(=O)c3c(c(C)c4cc(O)c(Cl)c(O)c4c3O)C(=O)C21O. The molecule has 0 spiro atoms. The van der Waals surface area contributed by atoms with Crippen molar-refractivity contribution in [1.82, 2.24) is 4.98 Å². The highest BCUT2D eigenvalue weighted by Crippen LogP contribution is 2.55. The van der Waals surface area contributed by atoms with Crippen molar-refractivity contribution in [1.29, 1.82) is 0 Å². The van der Waals surface area contributed by atoms with E-state index in [1.165, 1.54) is 20.1 Å². The van der Waals surface area contributed by atoms with Crippen LogP contribution in [-0.2, 0) is 12.0 Å². The highest BCUT2D eigenvalue weighted by atomic mass is 35.5. The van der Waals surface area contributed by atoms with Gasteiger partial charge in [-0.2, -0.15) is 0 Å². The minimum atomic E-state index is -2.39. The molecular weight excluding hydrogens is 514 g/mol. The molecule has 2 aliphatic rings. The zero-order valence-corrected chi connectivity index (χ0v) is 21.3. The summed E-state index contributed by atoms with van der Waals surface area (Å²) in [6.07, 6.45) is 0.385. The number of phenols is 3. The minimum Gasteiger partial charge on any atom is -0.506 e. The number of aryl methyl sites for hydroxylation is 3. The van der Waals surface area contributed by atoms with Crippen LogP contribution in [0, 0.1) is 19.8 Å². The number of hydrogen-bond acceptors (Lipinski definition) is 8. The number of phenolic OH excluding ortho intramolecular Hbond substituents is 3. The van der Waals surface area contributed by atoms with Gasteiger partial charge in [0.15, 0.2) is 11.4 Å². The summed E-state index contributed by atoms with van der Waals surface area (Å²) in [6.45, 7) is 3.22. The molecule has 0 fully saturated rings. The largest absolute Gasteiger partial charge is 0.506 e. The molecular formula is C28H22ClNO8. The van der Waals surface area contributed by atoms with Gasteiger partial charge in [0.2, 0.25) is 5.78 Å². The van der Waals surface area contributed by atoms with Crippen molar-refractivity contribution in [3.05, 3.63) is 67.1 Å². The molecule has 2 aliphatic carbocycles. The van der Waals surface area contributed by atoms with Crippen molar-refractivity contribution in [2.45, 2.75) is 32.3 Å². The standard InChI is InChI=1S/C28H22ClNO8/c1-9-6-12-7-11-4-5-14-22(32)19-16(10(2)13-8-15(31)21(29)24(34)18(13)23(19)33)26(35)28(14,37)20(11)25(38-3)17(12)27(36)30-9/h6-8,14,31,33-34,37H,4-5H2,1-3H3,(H,30,36). The summed E-state index contributed by atoms with van der Waals surface area (Å²) in [5, 5.41) is 44.3. The first-order valence-corrected chi connectivity index (χ1v) is 12.3. The van der Waals surface area contributed by atoms with Gasteiger partial charge in [-0.3, -0.25) is 14.4 Å². The number of aromatic amines is 1. The van der Waals surface area contributed by atoms with E-state index in [1.54, 1.807) is 19.1 Å². The van der Waals surface area contributed by atoms with Crippen molar-refractivity contribution < 1.29 is 34.8 Å². The van der Waals surface area contributed by atoms with Crippen LogP contribution in [0.2, 0.25) is 5.02 Å². The molecule has 0 saturated carbocycles. The molecule has 1 aromatic heterocycles. The molecule has 6 rings (SSSR count). The predicted octanol–water partition coefficient (Wildman–Crippen LogP) is 3.91. The van der Waals surface area contributed by atoms with Gasteiger partial charge in [-0.15, -0.1) is 0 Å². The number of ether oxygens (including phenoxy) is 1. The zero-order chi connectivity index (χ0) is 27.4. The molecule has 0 aliphatic heterocycles. The Morgan fingerprint density at radius 2 is 1.74 bits per heavy atom. The van der Waals surface area contributed by atoms with Gasteiger partial charge in [0.1, 0.15) is 28.0 Å². The van der Waals surface area contributed by atoms with E-state index in [9.17, 15) is 34.8 Å². The summed E-state index contributed by atoms with van der Waals surface area (Å²) >= 11 is 5.98. The van der Waals surface area contributed by atoms with Gasteiger partial charge in [0.25, 0.3) is 5.56 Å². The lowest BCUT2D eigenvalue weighted by molar-refractivity contribution is -0.0133. The number of H-pyrrole nitrogens is 1. The number of carbonyl (C=O) groups is 2. The number of benzene rings is 3. The Balaban J connectivity index is 1.74. The highest BCUT2D eigenvalue weighted by Gasteiger charge is 2.59. The highest BCUT2D eigenvalue weighted by molar-refractivity contribution is 6.35. The van der Waals surface area contributed by atoms with Gasteiger partial charge in [0.05, 0.1) is 29.4 Å². The molecule has 5 N–H and O–H groups in total. The number of Topliss-reactive ketones (excluding diaryl/α,β-unsaturated/α-hetero) is 2. The first-order chi connectivity index (χ1) is 17.9. The fraction of sp³-hybridized carbons (Fsp3) is 0.250. The topological polar surface area (TPSA) is 157 Å². The number of rotatable bonds is 1. The second kappa shape index (κ2) is 7.72. The fourth-order valence-corrected chi connectivity index (χ4v) is 6.46. The van der Waals surface area contributed by atoms with Gasteiger partial charge < -0.3 is 30.1 Å². The Kier molecular flexibility index (Phi) is 4.93. The number of halogens is 1. The maximum atomic E-state index is 14.3. The first-order valence-electron chi connectivity index (χ1n) is 11.9. The van der Waals surface area contributed by atoms with Crippen molar-refractivity contribution in [3.63, 3.8) is 0 Å². The second-order valence-corrected chi connectivity index (χ2v) is 10.3. The van der Waals surface area contributed by atoms with Crippen LogP contribution in [0.25, 0.3) is 21.5 Å². The monoisotopic (exact) mass is 535 g/mol. The van der Waals surface area contributed by atoms with Crippen LogP contribution < -0.4 is 10.3 Å². The van der Waals surface area contributed by atoms with Gasteiger partial charge >= 0.3 is 0 Å². The molecule has 0 bridgehead atoms. The van der Waals surface area contributed by atoms with Crippen molar-refractivity contribution in [2.24, 2.45) is 5.92 Å². The van der Waals surface area contributed by atoms with Gasteiger partial charge in [-0.05, 0) is 60.7 Å². The molecule has 1 heterocycles. The number of pyridine rings is 1. The lowest BCUT2D eigenvalue weighted by Crippen LogP contribution is -2.53. The average Bonchev–Trinajstić information content (AvgIpc) is 2.86. The summed E-state index contributed by atoms with van der Waals surface area (Å²) in [6, 6.07) is 4.66. The number of aromatic nitrogens is 1. The lowest BCUT2D eigenvalue weighted by atomic mass is 9.60. The molecule has 9 nitrogen and oxygen atoms in total. The average molecular weight is 536 g/mol. The van der Waals surface area contributed by atoms with E-state index in [2.05, 4.69) is 4.98 Å². The third-order valence-electron chi connectivity index (χ3n) is 7.95. The Labute approximate surface area is 219 Å². The van der Waals surface area contributed by atoms with E-state index in [1.807, 2.05) is 0 Å². The summed E-state index contributed by atoms with van der Waals surface area (Å²) in [7, 11) is 1.32. The lowest BCUT2D eigenvalue weighted by Gasteiger charge is -2.44. The molecule has 0 amide bonds. The van der Waals surface area contributed by atoms with Crippen LogP contribution in [0.5, 0.6) is 23.0 Å². The van der Waals surface area contributed by atoms with Crippen molar-refractivity contribution >= 4 is 44.7 Å². The number of nitrogens with one attached hydrogen (secondary N) is 1. The van der Waals surface area contributed by atoms with Crippen LogP contribution >= 0.6 is 11.6 Å². The van der Waals surface area contributed by atoms with E-state index in [0.29, 0.717) is 23.1 Å². The van der Waals surface area contributed by atoms with E-state index < -0.39 is 50.9 Å². The summed E-state index contributed by atoms with van der Waals surface area (Å²) in [4.78, 5) is 43.8. The van der Waals surface area contributed by atoms with E-state index in [0.717, 1.165) is 0 Å². The summed E-state index contributed by atoms with van der Waals surface area (Å²) in [5.41, 5.74) is -2.05. The molecule has 0 radical (unpaired) electrons. The smallest absolute Gasteiger partial charge is 0.259 e. The van der Waals surface area contributed by atoms with Crippen molar-refractivity contribution in [3.8, 4) is 23.0 Å². The molecule has 4 aromatic rings. The maximum absolute atomic E-state index is 14.3. The van der Waals surface area contributed by atoms with Gasteiger partial charge in [-0.1, -0.05) is 17.7 Å². The quantitative estimate of drug-likeness (QED) is 0.245. The van der Waals surface area contributed by atoms with Crippen LogP contribution in [0.1, 0.15) is 49.5 Å². The van der Waals surface area contributed by atoms with Gasteiger partial charge in [0, 0.05) is 16.8 Å². The maximum Gasteiger partial charge on any atom is 0.259 e. The summed E-state index contributed by atoms with van der Waals surface area (Å²) in [5.74, 6) is -4.63. The Morgan fingerprint density at radius 1 is 1.03 bits per heavy atom. The third-order valence-corrected chi connectivity index (χ3v) is 8.33. The Hall–Kier alpha value is -4.08. The number of methoxy groups -OCH3 is 1. The first kappa shape index (κ1) is 24.3. The number of aromatic hydroxyl groups is 3. The van der Waals surface area contributed by atoms with E-state index in [4.69, 9.17) is 16.3 Å². The van der Waals surface area contributed by atoms with Gasteiger partial charge in [-0.25, -0.2) is 0 Å². The number of ketones is 2. The number of carbonyl (C=O) groups excluding carboxylic acids is 2. The minimum absolute atomic E-state index is 0.000264. The number of hydrogen-bond donors (Lipinski definition) is 5. The number of aliphatic hydroxyl groups is 1. The molecule has 3 aromatic carbocycles. The van der Waals surface area contributed by atoms with Crippen LogP contribution in [0.4, 0.5) is 0 Å². The van der Waals surface area contributed by atoms with E-state index in [-0.39, 0.29) is 50.6 Å². The molecule has 0 saturated heterocycles.